The molecule has 0 aliphatic carbocycles. The minimum absolute atomic E-state index is 0.128. The molecule has 1 atom stereocenters. The first kappa shape index (κ1) is 14.4. The van der Waals surface area contributed by atoms with E-state index in [4.69, 9.17) is 4.74 Å². The van der Waals surface area contributed by atoms with Gasteiger partial charge in [0.25, 0.3) is 0 Å². The van der Waals surface area contributed by atoms with Crippen molar-refractivity contribution < 1.29 is 9.53 Å². The summed E-state index contributed by atoms with van der Waals surface area (Å²) in [6, 6.07) is 0. The number of ether oxygens (including phenoxy) is 1. The van der Waals surface area contributed by atoms with Crippen molar-refractivity contribution in [2.24, 2.45) is 5.92 Å². The topological polar surface area (TPSA) is 38.3 Å². The molecule has 1 amide bonds. The highest BCUT2D eigenvalue weighted by molar-refractivity contribution is 5.75. The normalized spacial score (nSPS) is 13.3. The third-order valence-corrected chi connectivity index (χ3v) is 1.99. The van der Waals surface area contributed by atoms with Crippen LogP contribution in [0.1, 0.15) is 47.5 Å². The second-order valence-electron chi connectivity index (χ2n) is 4.73. The van der Waals surface area contributed by atoms with Crippen molar-refractivity contribution in [2.75, 3.05) is 6.54 Å². The van der Waals surface area contributed by atoms with Gasteiger partial charge in [0.1, 0.15) is 0 Å². The Bertz CT molecular complexity index is 178. The number of rotatable bonds is 7. The number of hydrogen-bond acceptors (Lipinski definition) is 2. The van der Waals surface area contributed by atoms with E-state index in [1.54, 1.807) is 0 Å². The van der Waals surface area contributed by atoms with Crippen molar-refractivity contribution in [3.63, 3.8) is 0 Å². The lowest BCUT2D eigenvalue weighted by Gasteiger charge is -2.15. The molecular formula is C12H25NO2. The summed E-state index contributed by atoms with van der Waals surface area (Å²) in [5.41, 5.74) is 0. The van der Waals surface area contributed by atoms with E-state index in [0.29, 0.717) is 12.3 Å². The third kappa shape index (κ3) is 9.73. The van der Waals surface area contributed by atoms with Crippen LogP contribution in [-0.4, -0.2) is 24.7 Å². The molecule has 0 rings (SSSR count). The molecule has 15 heavy (non-hydrogen) atoms. The lowest BCUT2D eigenvalue weighted by atomic mass is 10.2. The van der Waals surface area contributed by atoms with Gasteiger partial charge in [0.15, 0.2) is 0 Å². The minimum atomic E-state index is 0.128. The third-order valence-electron chi connectivity index (χ3n) is 1.99. The maximum Gasteiger partial charge on any atom is 0.220 e. The number of hydrogen-bond donors (Lipinski definition) is 1. The molecule has 0 radical (unpaired) electrons. The Morgan fingerprint density at radius 1 is 1.20 bits per heavy atom. The van der Waals surface area contributed by atoms with Crippen molar-refractivity contribution in [2.45, 2.75) is 59.7 Å². The average molecular weight is 215 g/mol. The molecular weight excluding hydrogens is 190 g/mol. The number of carbonyl (C=O) groups excluding carboxylic acids is 1. The fourth-order valence-electron chi connectivity index (χ4n) is 1.27. The fourth-order valence-corrected chi connectivity index (χ4v) is 1.27. The van der Waals surface area contributed by atoms with Gasteiger partial charge in [0.05, 0.1) is 12.2 Å². The summed E-state index contributed by atoms with van der Waals surface area (Å²) >= 11 is 0. The molecule has 0 aliphatic rings. The zero-order valence-electron chi connectivity index (χ0n) is 10.7. The summed E-state index contributed by atoms with van der Waals surface area (Å²) < 4.78 is 5.55. The number of amides is 1. The van der Waals surface area contributed by atoms with Crippen LogP contribution in [0.15, 0.2) is 0 Å². The SMILES string of the molecule is CC(C)CNC(=O)CCC(C)OC(C)C. The molecule has 1 N–H and O–H groups in total. The van der Waals surface area contributed by atoms with Gasteiger partial charge < -0.3 is 10.1 Å². The van der Waals surface area contributed by atoms with E-state index in [-0.39, 0.29) is 18.1 Å². The predicted molar refractivity (Wildman–Crippen MR) is 62.8 cm³/mol. The van der Waals surface area contributed by atoms with Gasteiger partial charge in [-0.2, -0.15) is 0 Å². The Labute approximate surface area is 93.6 Å². The largest absolute Gasteiger partial charge is 0.376 e. The molecule has 0 aromatic rings. The summed E-state index contributed by atoms with van der Waals surface area (Å²) in [7, 11) is 0. The van der Waals surface area contributed by atoms with E-state index < -0.39 is 0 Å². The van der Waals surface area contributed by atoms with Crippen LogP contribution >= 0.6 is 0 Å². The smallest absolute Gasteiger partial charge is 0.220 e. The predicted octanol–water partition coefficient (Wildman–Crippen LogP) is 2.35. The van der Waals surface area contributed by atoms with Crippen LogP contribution in [0.4, 0.5) is 0 Å². The second-order valence-corrected chi connectivity index (χ2v) is 4.73. The summed E-state index contributed by atoms with van der Waals surface area (Å²) in [6.07, 6.45) is 1.75. The van der Waals surface area contributed by atoms with Gasteiger partial charge in [-0.1, -0.05) is 13.8 Å². The fraction of sp³-hybridized carbons (Fsp3) is 0.917. The maximum atomic E-state index is 11.4. The first-order valence-corrected chi connectivity index (χ1v) is 5.84. The van der Waals surface area contributed by atoms with E-state index in [9.17, 15) is 4.79 Å². The van der Waals surface area contributed by atoms with E-state index in [2.05, 4.69) is 19.2 Å². The number of nitrogens with one attached hydrogen (secondary N) is 1. The van der Waals surface area contributed by atoms with E-state index in [0.717, 1.165) is 13.0 Å². The van der Waals surface area contributed by atoms with Crippen LogP contribution in [0, 0.1) is 5.92 Å². The van der Waals surface area contributed by atoms with Crippen molar-refractivity contribution in [1.82, 2.24) is 5.32 Å². The molecule has 0 heterocycles. The van der Waals surface area contributed by atoms with Gasteiger partial charge >= 0.3 is 0 Å². The van der Waals surface area contributed by atoms with Gasteiger partial charge in [0, 0.05) is 13.0 Å². The van der Waals surface area contributed by atoms with Crippen LogP contribution in [0.25, 0.3) is 0 Å². The lowest BCUT2D eigenvalue weighted by Crippen LogP contribution is -2.28. The molecule has 0 saturated carbocycles. The van der Waals surface area contributed by atoms with Crippen molar-refractivity contribution in [1.29, 1.82) is 0 Å². The zero-order valence-corrected chi connectivity index (χ0v) is 10.7. The highest BCUT2D eigenvalue weighted by Gasteiger charge is 2.08. The molecule has 90 valence electrons. The van der Waals surface area contributed by atoms with Crippen LogP contribution < -0.4 is 5.32 Å². The Kier molecular flexibility index (Phi) is 7.39. The summed E-state index contributed by atoms with van der Waals surface area (Å²) in [5.74, 6) is 0.640. The summed E-state index contributed by atoms with van der Waals surface area (Å²) in [6.45, 7) is 11.0. The van der Waals surface area contributed by atoms with E-state index >= 15 is 0 Å². The molecule has 1 unspecified atom stereocenters. The Morgan fingerprint density at radius 3 is 2.27 bits per heavy atom. The maximum absolute atomic E-state index is 11.4. The molecule has 0 aromatic heterocycles. The Hall–Kier alpha value is -0.570. The standard InChI is InChI=1S/C12H25NO2/c1-9(2)8-13-12(14)7-6-11(5)15-10(3)4/h9-11H,6-8H2,1-5H3,(H,13,14). The van der Waals surface area contributed by atoms with Crippen LogP contribution in [0.5, 0.6) is 0 Å². The molecule has 3 heteroatoms. The first-order chi connectivity index (χ1) is 6.91. The molecule has 0 bridgehead atoms. The Morgan fingerprint density at radius 2 is 1.80 bits per heavy atom. The quantitative estimate of drug-likeness (QED) is 0.708. The highest BCUT2D eigenvalue weighted by Crippen LogP contribution is 2.04. The molecule has 0 fully saturated rings. The van der Waals surface area contributed by atoms with Gasteiger partial charge in [-0.25, -0.2) is 0 Å². The molecule has 0 saturated heterocycles. The van der Waals surface area contributed by atoms with Crippen LogP contribution in [0.3, 0.4) is 0 Å². The van der Waals surface area contributed by atoms with Gasteiger partial charge in [-0.15, -0.1) is 0 Å². The second kappa shape index (κ2) is 7.69. The first-order valence-electron chi connectivity index (χ1n) is 5.84. The van der Waals surface area contributed by atoms with E-state index in [1.165, 1.54) is 0 Å². The van der Waals surface area contributed by atoms with Crippen LogP contribution in [0.2, 0.25) is 0 Å². The van der Waals surface area contributed by atoms with Crippen molar-refractivity contribution in [3.8, 4) is 0 Å². The van der Waals surface area contributed by atoms with E-state index in [1.807, 2.05) is 20.8 Å². The monoisotopic (exact) mass is 215 g/mol. The van der Waals surface area contributed by atoms with Crippen molar-refractivity contribution >= 4 is 5.91 Å². The summed E-state index contributed by atoms with van der Waals surface area (Å²) in [4.78, 5) is 11.4. The van der Waals surface area contributed by atoms with Crippen molar-refractivity contribution in [3.05, 3.63) is 0 Å². The molecule has 0 spiro atoms. The van der Waals surface area contributed by atoms with Gasteiger partial charge in [-0.3, -0.25) is 4.79 Å². The Balaban J connectivity index is 3.53. The molecule has 0 aliphatic heterocycles. The highest BCUT2D eigenvalue weighted by atomic mass is 16.5. The average Bonchev–Trinajstić information content (AvgIpc) is 2.10. The van der Waals surface area contributed by atoms with Crippen LogP contribution in [-0.2, 0) is 9.53 Å². The zero-order chi connectivity index (χ0) is 11.8. The van der Waals surface area contributed by atoms with Gasteiger partial charge in [0.2, 0.25) is 5.91 Å². The minimum Gasteiger partial charge on any atom is -0.376 e. The molecule has 0 aromatic carbocycles. The molecule has 3 nitrogen and oxygen atoms in total. The van der Waals surface area contributed by atoms with Gasteiger partial charge in [-0.05, 0) is 33.1 Å². The lowest BCUT2D eigenvalue weighted by molar-refractivity contribution is -0.122. The summed E-state index contributed by atoms with van der Waals surface area (Å²) in [5, 5.41) is 2.90. The number of carbonyl (C=O) groups is 1.